The Morgan fingerprint density at radius 2 is 2.13 bits per heavy atom. The zero-order valence-electron chi connectivity index (χ0n) is 12.6. The number of nitrogens with zero attached hydrogens (tertiary/aromatic N) is 1. The molecule has 2 rings (SSSR count). The molecule has 4 N–H and O–H groups in total. The zero-order valence-corrected chi connectivity index (χ0v) is 13.4. The minimum absolute atomic E-state index is 0.317. The van der Waals surface area contributed by atoms with Gasteiger partial charge in [-0.05, 0) is 38.1 Å². The molecule has 0 radical (unpaired) electrons. The second kappa shape index (κ2) is 6.47. The van der Waals surface area contributed by atoms with E-state index in [0.717, 1.165) is 29.6 Å². The monoisotopic (exact) mass is 340 g/mol. The summed E-state index contributed by atoms with van der Waals surface area (Å²) in [5.74, 6) is -1.54. The molecular formula is C14H17FN4O3S. The normalized spacial score (nSPS) is 12.9. The third-order valence-corrected chi connectivity index (χ3v) is 4.07. The van der Waals surface area contributed by atoms with Crippen LogP contribution >= 0.6 is 0 Å². The van der Waals surface area contributed by atoms with E-state index < -0.39 is 21.7 Å². The van der Waals surface area contributed by atoms with Gasteiger partial charge in [-0.25, -0.2) is 17.9 Å². The van der Waals surface area contributed by atoms with E-state index in [2.05, 4.69) is 15.5 Å². The number of primary sulfonamides is 1. The second-order valence-corrected chi connectivity index (χ2v) is 6.87. The number of hydrogen-bond acceptors (Lipinski definition) is 4. The van der Waals surface area contributed by atoms with Crippen LogP contribution in [0, 0.1) is 12.7 Å². The highest BCUT2D eigenvalue weighted by Crippen LogP contribution is 2.14. The number of H-pyrrole nitrogens is 1. The van der Waals surface area contributed by atoms with E-state index in [-0.39, 0.29) is 16.5 Å². The van der Waals surface area contributed by atoms with E-state index in [1.807, 2.05) is 13.0 Å². The van der Waals surface area contributed by atoms with Crippen molar-refractivity contribution in [2.75, 3.05) is 0 Å². The number of hydrogen-bond donors (Lipinski definition) is 3. The van der Waals surface area contributed by atoms with Crippen molar-refractivity contribution >= 4 is 15.9 Å². The number of nitrogens with one attached hydrogen (secondary N) is 2. The standard InChI is InChI=1S/C14H17FN4O3S/c1-8(5-10-6-9(2)18-19-10)17-14(20)12-7-11(23(16,21)22)3-4-13(12)15/h3-4,6-8H,5H2,1-2H3,(H,17,20)(H,18,19)(H2,16,21,22)/t8-/m1/s1. The maximum atomic E-state index is 13.8. The van der Waals surface area contributed by atoms with Crippen LogP contribution in [0.5, 0.6) is 0 Å². The molecule has 0 saturated heterocycles. The molecule has 7 nitrogen and oxygen atoms in total. The average molecular weight is 340 g/mol. The van der Waals surface area contributed by atoms with Gasteiger partial charge in [-0.1, -0.05) is 0 Å². The molecule has 0 spiro atoms. The number of carbonyl (C=O) groups excluding carboxylic acids is 1. The summed E-state index contributed by atoms with van der Waals surface area (Å²) in [6.45, 7) is 3.59. The lowest BCUT2D eigenvalue weighted by molar-refractivity contribution is 0.0935. The van der Waals surface area contributed by atoms with Crippen LogP contribution in [0.3, 0.4) is 0 Å². The third-order valence-electron chi connectivity index (χ3n) is 3.16. The molecule has 0 aliphatic carbocycles. The number of halogens is 1. The van der Waals surface area contributed by atoms with Crippen molar-refractivity contribution in [1.29, 1.82) is 0 Å². The van der Waals surface area contributed by atoms with Crippen molar-refractivity contribution in [1.82, 2.24) is 15.5 Å². The van der Waals surface area contributed by atoms with Crippen LogP contribution < -0.4 is 10.5 Å². The van der Waals surface area contributed by atoms with Gasteiger partial charge in [0.25, 0.3) is 5.91 Å². The molecular weight excluding hydrogens is 323 g/mol. The summed E-state index contributed by atoms with van der Waals surface area (Å²) < 4.78 is 36.4. The first-order valence-electron chi connectivity index (χ1n) is 6.81. The van der Waals surface area contributed by atoms with Crippen molar-refractivity contribution in [2.24, 2.45) is 5.14 Å². The van der Waals surface area contributed by atoms with E-state index in [0.29, 0.717) is 6.42 Å². The Balaban J connectivity index is 2.14. The lowest BCUT2D eigenvalue weighted by Crippen LogP contribution is -2.34. The Kier molecular flexibility index (Phi) is 4.81. The Morgan fingerprint density at radius 1 is 1.43 bits per heavy atom. The van der Waals surface area contributed by atoms with Gasteiger partial charge in [-0.3, -0.25) is 9.89 Å². The smallest absolute Gasteiger partial charge is 0.254 e. The largest absolute Gasteiger partial charge is 0.349 e. The quantitative estimate of drug-likeness (QED) is 0.748. The van der Waals surface area contributed by atoms with Crippen molar-refractivity contribution in [3.05, 3.63) is 47.0 Å². The number of carbonyl (C=O) groups is 1. The number of benzene rings is 1. The van der Waals surface area contributed by atoms with Crippen LogP contribution in [-0.4, -0.2) is 30.6 Å². The fourth-order valence-corrected chi connectivity index (χ4v) is 2.64. The summed E-state index contributed by atoms with van der Waals surface area (Å²) in [6.07, 6.45) is 0.451. The Labute approximate surface area is 133 Å². The number of amides is 1. The molecule has 0 bridgehead atoms. The van der Waals surface area contributed by atoms with Crippen LogP contribution in [0.2, 0.25) is 0 Å². The summed E-state index contributed by atoms with van der Waals surface area (Å²) >= 11 is 0. The molecule has 0 aliphatic rings. The molecule has 0 fully saturated rings. The predicted octanol–water partition coefficient (Wildman–Crippen LogP) is 0.866. The SMILES string of the molecule is Cc1cc(C[C@@H](C)NC(=O)c2cc(S(N)(=O)=O)ccc2F)n[nH]1. The fourth-order valence-electron chi connectivity index (χ4n) is 2.10. The summed E-state index contributed by atoms with van der Waals surface area (Å²) in [6, 6.07) is 4.35. The van der Waals surface area contributed by atoms with E-state index in [9.17, 15) is 17.6 Å². The van der Waals surface area contributed by atoms with Gasteiger partial charge < -0.3 is 5.32 Å². The number of rotatable bonds is 5. The number of aryl methyl sites for hydroxylation is 1. The van der Waals surface area contributed by atoms with E-state index in [4.69, 9.17) is 5.14 Å². The molecule has 9 heteroatoms. The summed E-state index contributed by atoms with van der Waals surface area (Å²) in [4.78, 5) is 11.8. The van der Waals surface area contributed by atoms with Crippen LogP contribution in [0.15, 0.2) is 29.2 Å². The molecule has 23 heavy (non-hydrogen) atoms. The number of aromatic nitrogens is 2. The first-order chi connectivity index (χ1) is 10.7. The molecule has 1 atom stereocenters. The Morgan fingerprint density at radius 3 is 2.70 bits per heavy atom. The van der Waals surface area contributed by atoms with Crippen LogP contribution in [0.1, 0.15) is 28.7 Å². The van der Waals surface area contributed by atoms with Crippen LogP contribution in [0.25, 0.3) is 0 Å². The van der Waals surface area contributed by atoms with Crippen molar-refractivity contribution in [2.45, 2.75) is 31.2 Å². The molecule has 0 unspecified atom stereocenters. The van der Waals surface area contributed by atoms with E-state index >= 15 is 0 Å². The van der Waals surface area contributed by atoms with Gasteiger partial charge in [0.15, 0.2) is 0 Å². The molecule has 124 valence electrons. The van der Waals surface area contributed by atoms with Crippen LogP contribution in [0.4, 0.5) is 4.39 Å². The van der Waals surface area contributed by atoms with Gasteiger partial charge in [0, 0.05) is 18.2 Å². The first kappa shape index (κ1) is 17.1. The third kappa shape index (κ3) is 4.36. The highest BCUT2D eigenvalue weighted by molar-refractivity contribution is 7.89. The first-order valence-corrected chi connectivity index (χ1v) is 8.35. The molecule has 0 aliphatic heterocycles. The van der Waals surface area contributed by atoms with Gasteiger partial charge >= 0.3 is 0 Å². The predicted molar refractivity (Wildman–Crippen MR) is 81.7 cm³/mol. The topological polar surface area (TPSA) is 118 Å². The van der Waals surface area contributed by atoms with Gasteiger partial charge in [-0.2, -0.15) is 5.10 Å². The lowest BCUT2D eigenvalue weighted by atomic mass is 10.1. The van der Waals surface area contributed by atoms with Crippen molar-refractivity contribution in [3.8, 4) is 0 Å². The Bertz CT molecular complexity index is 832. The maximum absolute atomic E-state index is 13.8. The molecule has 1 aromatic carbocycles. The number of aromatic amines is 1. The zero-order chi connectivity index (χ0) is 17.2. The summed E-state index contributed by atoms with van der Waals surface area (Å²) in [7, 11) is -4.01. The molecule has 1 aromatic heterocycles. The Hall–Kier alpha value is -2.26. The van der Waals surface area contributed by atoms with Crippen LogP contribution in [-0.2, 0) is 16.4 Å². The summed E-state index contributed by atoms with van der Waals surface area (Å²) in [5, 5.41) is 14.4. The molecule has 0 saturated carbocycles. The molecule has 1 heterocycles. The van der Waals surface area contributed by atoms with Crippen molar-refractivity contribution < 1.29 is 17.6 Å². The van der Waals surface area contributed by atoms with Crippen molar-refractivity contribution in [3.63, 3.8) is 0 Å². The fraction of sp³-hybridized carbons (Fsp3) is 0.286. The van der Waals surface area contributed by atoms with E-state index in [1.54, 1.807) is 6.92 Å². The molecule has 2 aromatic rings. The van der Waals surface area contributed by atoms with Gasteiger partial charge in [-0.15, -0.1) is 0 Å². The average Bonchev–Trinajstić information content (AvgIpc) is 2.82. The minimum atomic E-state index is -4.01. The van der Waals surface area contributed by atoms with Gasteiger partial charge in [0.05, 0.1) is 16.2 Å². The second-order valence-electron chi connectivity index (χ2n) is 5.31. The minimum Gasteiger partial charge on any atom is -0.349 e. The molecule has 1 amide bonds. The van der Waals surface area contributed by atoms with Gasteiger partial charge in [0.2, 0.25) is 10.0 Å². The highest BCUT2D eigenvalue weighted by atomic mass is 32.2. The summed E-state index contributed by atoms with van der Waals surface area (Å²) in [5.41, 5.74) is 1.28. The highest BCUT2D eigenvalue weighted by Gasteiger charge is 2.18. The number of sulfonamides is 1. The van der Waals surface area contributed by atoms with Gasteiger partial charge in [0.1, 0.15) is 5.82 Å². The maximum Gasteiger partial charge on any atom is 0.254 e. The van der Waals surface area contributed by atoms with E-state index in [1.165, 1.54) is 0 Å². The number of nitrogens with two attached hydrogens (primary N) is 1. The lowest BCUT2D eigenvalue weighted by Gasteiger charge is -2.13.